The number of hydrazone groups is 1. The first-order valence-electron chi connectivity index (χ1n) is 7.51. The second kappa shape index (κ2) is 7.62. The Labute approximate surface area is 153 Å². The van der Waals surface area contributed by atoms with E-state index in [2.05, 4.69) is 15.5 Å². The summed E-state index contributed by atoms with van der Waals surface area (Å²) < 4.78 is 1.80. The number of hydrogen-bond donors (Lipinski definition) is 2. The minimum Gasteiger partial charge on any atom is -0.478 e. The van der Waals surface area contributed by atoms with Gasteiger partial charge in [0.05, 0.1) is 23.0 Å². The molecule has 26 heavy (non-hydrogen) atoms. The van der Waals surface area contributed by atoms with Gasteiger partial charge < -0.3 is 9.67 Å². The quantitative estimate of drug-likeness (QED) is 0.411. The Balaban J connectivity index is 1.74. The fraction of sp³-hybridized carbons (Fsp3) is 0. The highest BCUT2D eigenvalue weighted by atomic mass is 35.5. The minimum atomic E-state index is -0.984. The van der Waals surface area contributed by atoms with Crippen molar-refractivity contribution in [3.63, 3.8) is 0 Å². The van der Waals surface area contributed by atoms with Crippen LogP contribution in [-0.2, 0) is 0 Å². The number of halogens is 1. The molecule has 0 saturated carbocycles. The third-order valence-corrected chi connectivity index (χ3v) is 3.84. The van der Waals surface area contributed by atoms with Crippen molar-refractivity contribution in [3.05, 3.63) is 82.9 Å². The molecule has 1 amide bonds. The summed E-state index contributed by atoms with van der Waals surface area (Å²) in [5, 5.41) is 13.0. The van der Waals surface area contributed by atoms with E-state index < -0.39 is 11.9 Å². The number of pyridine rings is 1. The predicted molar refractivity (Wildman–Crippen MR) is 97.0 cm³/mol. The molecular weight excluding hydrogens is 356 g/mol. The topological polar surface area (TPSA) is 96.6 Å². The molecule has 0 bridgehead atoms. The van der Waals surface area contributed by atoms with Gasteiger partial charge in [-0.2, -0.15) is 5.10 Å². The van der Waals surface area contributed by atoms with Gasteiger partial charge in [-0.25, -0.2) is 15.2 Å². The van der Waals surface area contributed by atoms with Gasteiger partial charge in [0.2, 0.25) is 0 Å². The van der Waals surface area contributed by atoms with Crippen molar-refractivity contribution in [2.45, 2.75) is 0 Å². The molecule has 0 aliphatic rings. The van der Waals surface area contributed by atoms with E-state index in [1.807, 2.05) is 6.07 Å². The van der Waals surface area contributed by atoms with E-state index in [9.17, 15) is 9.59 Å². The van der Waals surface area contributed by atoms with Crippen LogP contribution in [0.4, 0.5) is 0 Å². The maximum Gasteiger partial charge on any atom is 0.335 e. The number of carboxylic acids is 1. The molecule has 2 N–H and O–H groups in total. The lowest BCUT2D eigenvalue weighted by molar-refractivity contribution is 0.0696. The molecule has 1 aromatic carbocycles. The van der Waals surface area contributed by atoms with Gasteiger partial charge in [0.1, 0.15) is 5.15 Å². The van der Waals surface area contributed by atoms with Gasteiger partial charge in [-0.1, -0.05) is 11.6 Å². The normalized spacial score (nSPS) is 10.8. The average molecular weight is 369 g/mol. The third kappa shape index (κ3) is 3.79. The van der Waals surface area contributed by atoms with Crippen molar-refractivity contribution in [2.75, 3.05) is 0 Å². The lowest BCUT2D eigenvalue weighted by Gasteiger charge is -2.06. The third-order valence-electron chi connectivity index (χ3n) is 3.54. The van der Waals surface area contributed by atoms with E-state index in [0.717, 1.165) is 5.69 Å². The standard InChI is InChI=1S/C18H13ClN4O3/c19-16-15(4-1-9-20-16)17(24)22-21-11-14-3-2-10-23(14)13-7-5-12(6-8-13)18(25)26/h1-11H,(H,22,24)(H,25,26). The first-order chi connectivity index (χ1) is 12.6. The van der Waals surface area contributed by atoms with Gasteiger partial charge in [0, 0.05) is 18.1 Å². The van der Waals surface area contributed by atoms with Crippen LogP contribution in [-0.4, -0.2) is 32.7 Å². The van der Waals surface area contributed by atoms with E-state index >= 15 is 0 Å². The van der Waals surface area contributed by atoms with Crippen LogP contribution in [0.15, 0.2) is 66.0 Å². The molecule has 0 fully saturated rings. The number of rotatable bonds is 5. The molecule has 3 rings (SSSR count). The number of amides is 1. The molecule has 0 unspecified atom stereocenters. The van der Waals surface area contributed by atoms with E-state index in [1.165, 1.54) is 24.5 Å². The summed E-state index contributed by atoms with van der Waals surface area (Å²) in [6.07, 6.45) is 4.77. The fourth-order valence-corrected chi connectivity index (χ4v) is 2.48. The Morgan fingerprint density at radius 3 is 2.62 bits per heavy atom. The molecule has 2 aromatic heterocycles. The lowest BCUT2D eigenvalue weighted by atomic mass is 10.2. The van der Waals surface area contributed by atoms with E-state index in [1.54, 1.807) is 41.1 Å². The zero-order chi connectivity index (χ0) is 18.5. The lowest BCUT2D eigenvalue weighted by Crippen LogP contribution is -2.18. The molecule has 0 radical (unpaired) electrons. The van der Waals surface area contributed by atoms with Gasteiger partial charge in [-0.15, -0.1) is 0 Å². The van der Waals surface area contributed by atoms with Crippen LogP contribution in [0, 0.1) is 0 Å². The molecule has 0 aliphatic carbocycles. The van der Waals surface area contributed by atoms with E-state index in [4.69, 9.17) is 16.7 Å². The number of hydrogen-bond acceptors (Lipinski definition) is 4. The average Bonchev–Trinajstić information content (AvgIpc) is 3.10. The molecular formula is C18H13ClN4O3. The largest absolute Gasteiger partial charge is 0.478 e. The van der Waals surface area contributed by atoms with Crippen LogP contribution in [0.25, 0.3) is 5.69 Å². The minimum absolute atomic E-state index is 0.0992. The molecule has 2 heterocycles. The Bertz CT molecular complexity index is 980. The number of carbonyl (C=O) groups is 2. The van der Waals surface area contributed by atoms with Gasteiger partial charge in [0.15, 0.2) is 0 Å². The predicted octanol–water partition coefficient (Wildman–Crippen LogP) is 2.99. The molecule has 7 nitrogen and oxygen atoms in total. The van der Waals surface area contributed by atoms with Crippen LogP contribution in [0.2, 0.25) is 5.15 Å². The van der Waals surface area contributed by atoms with Crippen molar-refractivity contribution < 1.29 is 14.7 Å². The smallest absolute Gasteiger partial charge is 0.335 e. The number of nitrogens with one attached hydrogen (secondary N) is 1. The van der Waals surface area contributed by atoms with E-state index in [-0.39, 0.29) is 16.3 Å². The Morgan fingerprint density at radius 1 is 1.15 bits per heavy atom. The molecule has 8 heteroatoms. The van der Waals surface area contributed by atoms with Gasteiger partial charge in [-0.05, 0) is 48.5 Å². The van der Waals surface area contributed by atoms with Gasteiger partial charge in [-0.3, -0.25) is 4.79 Å². The summed E-state index contributed by atoms with van der Waals surface area (Å²) in [6, 6.07) is 13.2. The number of aromatic nitrogens is 2. The molecule has 0 aliphatic heterocycles. The Morgan fingerprint density at radius 2 is 1.92 bits per heavy atom. The summed E-state index contributed by atoms with van der Waals surface area (Å²) in [4.78, 5) is 26.8. The molecule has 3 aromatic rings. The van der Waals surface area contributed by atoms with Crippen molar-refractivity contribution in [2.24, 2.45) is 5.10 Å². The zero-order valence-corrected chi connectivity index (χ0v) is 14.1. The van der Waals surface area contributed by atoms with Crippen molar-refractivity contribution in [1.82, 2.24) is 15.0 Å². The summed E-state index contributed by atoms with van der Waals surface area (Å²) in [6.45, 7) is 0. The first-order valence-corrected chi connectivity index (χ1v) is 7.89. The molecule has 0 spiro atoms. The van der Waals surface area contributed by atoms with Crippen LogP contribution < -0.4 is 5.43 Å². The maximum atomic E-state index is 12.0. The summed E-state index contributed by atoms with van der Waals surface area (Å²) in [7, 11) is 0. The number of carboxylic acid groups (broad SMARTS) is 1. The van der Waals surface area contributed by atoms with Crippen LogP contribution in [0.1, 0.15) is 26.4 Å². The Hall–Kier alpha value is -3.45. The second-order valence-corrected chi connectivity index (χ2v) is 5.55. The number of benzene rings is 1. The highest BCUT2D eigenvalue weighted by molar-refractivity contribution is 6.32. The van der Waals surface area contributed by atoms with Gasteiger partial charge in [0.25, 0.3) is 5.91 Å². The fourth-order valence-electron chi connectivity index (χ4n) is 2.27. The summed E-state index contributed by atoms with van der Waals surface area (Å²) in [5.74, 6) is -1.45. The van der Waals surface area contributed by atoms with Crippen molar-refractivity contribution in [1.29, 1.82) is 0 Å². The Kier molecular flexibility index (Phi) is 5.09. The number of carbonyl (C=O) groups excluding carboxylic acids is 1. The monoisotopic (exact) mass is 368 g/mol. The number of nitrogens with zero attached hydrogens (tertiary/aromatic N) is 3. The van der Waals surface area contributed by atoms with E-state index in [0.29, 0.717) is 5.69 Å². The molecule has 0 atom stereocenters. The highest BCUT2D eigenvalue weighted by Crippen LogP contribution is 2.13. The first kappa shape index (κ1) is 17.4. The van der Waals surface area contributed by atoms with Crippen LogP contribution in [0.5, 0.6) is 0 Å². The summed E-state index contributed by atoms with van der Waals surface area (Å²) in [5.41, 5.74) is 4.30. The second-order valence-electron chi connectivity index (χ2n) is 5.20. The van der Waals surface area contributed by atoms with Gasteiger partial charge >= 0.3 is 5.97 Å². The molecule has 130 valence electrons. The van der Waals surface area contributed by atoms with Crippen molar-refractivity contribution >= 4 is 29.7 Å². The van der Waals surface area contributed by atoms with Crippen molar-refractivity contribution in [3.8, 4) is 5.69 Å². The summed E-state index contributed by atoms with van der Waals surface area (Å²) >= 11 is 5.87. The SMILES string of the molecule is O=C(O)c1ccc(-n2cccc2C=NNC(=O)c2cccnc2Cl)cc1. The maximum absolute atomic E-state index is 12.0. The zero-order valence-electron chi connectivity index (χ0n) is 13.3. The van der Waals surface area contributed by atoms with Crippen LogP contribution >= 0.6 is 11.6 Å². The highest BCUT2D eigenvalue weighted by Gasteiger charge is 2.09. The molecule has 0 saturated heterocycles. The van der Waals surface area contributed by atoms with Crippen LogP contribution in [0.3, 0.4) is 0 Å². The number of aromatic carboxylic acids is 1.